The standard InChI is InChI=1S/C16H26N2OS/c1-4-16(8-6-9-17-11-16)15(19)18-14(12(2)3)13-7-5-10-20-13/h5,7,10,12,14,17H,4,6,8-9,11H2,1-3H3,(H,18,19). The Kier molecular flexibility index (Phi) is 5.22. The molecule has 2 N–H and O–H groups in total. The first kappa shape index (κ1) is 15.5. The van der Waals surface area contributed by atoms with Crippen molar-refractivity contribution in [3.63, 3.8) is 0 Å². The molecule has 2 heterocycles. The van der Waals surface area contributed by atoms with Crippen LogP contribution in [0.3, 0.4) is 0 Å². The summed E-state index contributed by atoms with van der Waals surface area (Å²) in [6, 6.07) is 4.31. The van der Waals surface area contributed by atoms with E-state index in [4.69, 9.17) is 0 Å². The van der Waals surface area contributed by atoms with Crippen molar-refractivity contribution in [2.75, 3.05) is 13.1 Å². The Morgan fingerprint density at radius 3 is 2.85 bits per heavy atom. The molecule has 1 fully saturated rings. The van der Waals surface area contributed by atoms with E-state index in [9.17, 15) is 4.79 Å². The van der Waals surface area contributed by atoms with E-state index in [2.05, 4.69) is 48.9 Å². The van der Waals surface area contributed by atoms with E-state index in [-0.39, 0.29) is 17.4 Å². The highest BCUT2D eigenvalue weighted by Crippen LogP contribution is 2.33. The maximum Gasteiger partial charge on any atom is 0.228 e. The van der Waals surface area contributed by atoms with E-state index in [1.807, 2.05) is 0 Å². The molecular weight excluding hydrogens is 268 g/mol. The topological polar surface area (TPSA) is 41.1 Å². The maximum absolute atomic E-state index is 12.8. The van der Waals surface area contributed by atoms with Gasteiger partial charge in [-0.25, -0.2) is 0 Å². The summed E-state index contributed by atoms with van der Waals surface area (Å²) in [6.07, 6.45) is 2.99. The number of thiophene rings is 1. The van der Waals surface area contributed by atoms with Crippen molar-refractivity contribution in [1.29, 1.82) is 0 Å². The number of carbonyl (C=O) groups excluding carboxylic acids is 1. The predicted octanol–water partition coefficient (Wildman–Crippen LogP) is 3.34. The van der Waals surface area contributed by atoms with Gasteiger partial charge in [-0.1, -0.05) is 26.8 Å². The second-order valence-corrected chi connectivity index (χ2v) is 7.10. The number of amides is 1. The van der Waals surface area contributed by atoms with Gasteiger partial charge in [-0.3, -0.25) is 4.79 Å². The number of rotatable bonds is 5. The highest BCUT2D eigenvalue weighted by molar-refractivity contribution is 7.10. The van der Waals surface area contributed by atoms with Crippen LogP contribution < -0.4 is 10.6 Å². The summed E-state index contributed by atoms with van der Waals surface area (Å²) >= 11 is 1.72. The lowest BCUT2D eigenvalue weighted by Gasteiger charge is -2.37. The molecule has 2 unspecified atom stereocenters. The largest absolute Gasteiger partial charge is 0.348 e. The first-order valence-electron chi connectivity index (χ1n) is 7.64. The molecule has 112 valence electrons. The Morgan fingerprint density at radius 2 is 2.35 bits per heavy atom. The zero-order chi connectivity index (χ0) is 14.6. The van der Waals surface area contributed by atoms with Crippen molar-refractivity contribution >= 4 is 17.2 Å². The van der Waals surface area contributed by atoms with Crippen LogP contribution in [0.2, 0.25) is 0 Å². The van der Waals surface area contributed by atoms with Crippen LogP contribution in [0, 0.1) is 11.3 Å². The van der Waals surface area contributed by atoms with Crippen molar-refractivity contribution in [3.05, 3.63) is 22.4 Å². The lowest BCUT2D eigenvalue weighted by atomic mass is 9.77. The first-order valence-corrected chi connectivity index (χ1v) is 8.52. The summed E-state index contributed by atoms with van der Waals surface area (Å²) in [5, 5.41) is 8.78. The minimum atomic E-state index is -0.220. The lowest BCUT2D eigenvalue weighted by Crippen LogP contribution is -2.51. The Balaban J connectivity index is 2.11. The summed E-state index contributed by atoms with van der Waals surface area (Å²) in [6.45, 7) is 8.31. The normalized spacial score (nSPS) is 24.6. The number of carbonyl (C=O) groups is 1. The van der Waals surface area contributed by atoms with Crippen molar-refractivity contribution in [2.45, 2.75) is 46.1 Å². The minimum Gasteiger partial charge on any atom is -0.348 e. The van der Waals surface area contributed by atoms with Gasteiger partial charge in [0, 0.05) is 11.4 Å². The Morgan fingerprint density at radius 1 is 1.55 bits per heavy atom. The molecule has 1 aromatic heterocycles. The van der Waals surface area contributed by atoms with Crippen LogP contribution in [0.5, 0.6) is 0 Å². The van der Waals surface area contributed by atoms with Crippen LogP contribution >= 0.6 is 11.3 Å². The highest BCUT2D eigenvalue weighted by atomic mass is 32.1. The van der Waals surface area contributed by atoms with Gasteiger partial charge in [0.05, 0.1) is 11.5 Å². The van der Waals surface area contributed by atoms with Crippen molar-refractivity contribution in [3.8, 4) is 0 Å². The molecule has 1 amide bonds. The fourth-order valence-electron chi connectivity index (χ4n) is 2.95. The van der Waals surface area contributed by atoms with Gasteiger partial charge in [0.25, 0.3) is 0 Å². The smallest absolute Gasteiger partial charge is 0.228 e. The number of hydrogen-bond donors (Lipinski definition) is 2. The molecule has 1 aliphatic heterocycles. The maximum atomic E-state index is 12.8. The third-order valence-electron chi connectivity index (χ3n) is 4.43. The van der Waals surface area contributed by atoms with E-state index < -0.39 is 0 Å². The molecule has 0 spiro atoms. The van der Waals surface area contributed by atoms with Gasteiger partial charge in [-0.05, 0) is 43.2 Å². The van der Waals surface area contributed by atoms with E-state index in [0.717, 1.165) is 32.4 Å². The van der Waals surface area contributed by atoms with Crippen molar-refractivity contribution < 1.29 is 4.79 Å². The molecule has 0 aromatic carbocycles. The SMILES string of the molecule is CCC1(C(=O)NC(c2cccs2)C(C)C)CCCNC1. The summed E-state index contributed by atoms with van der Waals surface area (Å²) in [7, 11) is 0. The van der Waals surface area contributed by atoms with E-state index in [1.54, 1.807) is 11.3 Å². The Hall–Kier alpha value is -0.870. The Bertz CT molecular complexity index is 422. The molecule has 2 atom stereocenters. The third kappa shape index (κ3) is 3.23. The molecule has 0 saturated carbocycles. The average Bonchev–Trinajstić information content (AvgIpc) is 2.98. The van der Waals surface area contributed by atoms with E-state index in [0.29, 0.717) is 5.92 Å². The van der Waals surface area contributed by atoms with Crippen LogP contribution in [0.15, 0.2) is 17.5 Å². The summed E-state index contributed by atoms with van der Waals surface area (Å²) in [4.78, 5) is 14.1. The van der Waals surface area contributed by atoms with Gasteiger partial charge in [-0.2, -0.15) is 0 Å². The van der Waals surface area contributed by atoms with E-state index >= 15 is 0 Å². The van der Waals surface area contributed by atoms with Gasteiger partial charge < -0.3 is 10.6 Å². The molecule has 0 radical (unpaired) electrons. The quantitative estimate of drug-likeness (QED) is 0.874. The zero-order valence-electron chi connectivity index (χ0n) is 12.7. The van der Waals surface area contributed by atoms with Crippen LogP contribution in [0.4, 0.5) is 0 Å². The summed E-state index contributed by atoms with van der Waals surface area (Å²) in [5.41, 5.74) is -0.220. The molecule has 0 aliphatic carbocycles. The average molecular weight is 294 g/mol. The number of nitrogens with one attached hydrogen (secondary N) is 2. The van der Waals surface area contributed by atoms with Gasteiger partial charge in [0.2, 0.25) is 5.91 Å². The van der Waals surface area contributed by atoms with Crippen LogP contribution in [-0.4, -0.2) is 19.0 Å². The molecule has 1 saturated heterocycles. The number of piperidine rings is 1. The minimum absolute atomic E-state index is 0.132. The van der Waals surface area contributed by atoms with Crippen molar-refractivity contribution in [1.82, 2.24) is 10.6 Å². The fourth-order valence-corrected chi connectivity index (χ4v) is 3.90. The molecule has 3 nitrogen and oxygen atoms in total. The van der Waals surface area contributed by atoms with Gasteiger partial charge in [0.1, 0.15) is 0 Å². The summed E-state index contributed by atoms with van der Waals surface area (Å²) in [5.74, 6) is 0.627. The molecule has 1 aromatic rings. The fraction of sp³-hybridized carbons (Fsp3) is 0.688. The molecule has 4 heteroatoms. The molecule has 1 aliphatic rings. The van der Waals surface area contributed by atoms with Crippen LogP contribution in [0.1, 0.15) is 51.0 Å². The monoisotopic (exact) mass is 294 g/mol. The third-order valence-corrected chi connectivity index (χ3v) is 5.39. The van der Waals surface area contributed by atoms with Crippen LogP contribution in [-0.2, 0) is 4.79 Å². The molecule has 20 heavy (non-hydrogen) atoms. The van der Waals surface area contributed by atoms with E-state index in [1.165, 1.54) is 4.88 Å². The molecule has 0 bridgehead atoms. The second-order valence-electron chi connectivity index (χ2n) is 6.12. The zero-order valence-corrected chi connectivity index (χ0v) is 13.6. The van der Waals surface area contributed by atoms with Gasteiger partial charge >= 0.3 is 0 Å². The molecule has 2 rings (SSSR count). The first-order chi connectivity index (χ1) is 9.59. The van der Waals surface area contributed by atoms with Gasteiger partial charge in [-0.15, -0.1) is 11.3 Å². The second kappa shape index (κ2) is 6.72. The van der Waals surface area contributed by atoms with Crippen molar-refractivity contribution in [2.24, 2.45) is 11.3 Å². The summed E-state index contributed by atoms with van der Waals surface area (Å²) < 4.78 is 0. The lowest BCUT2D eigenvalue weighted by molar-refractivity contribution is -0.133. The molecular formula is C16H26N2OS. The Labute approximate surface area is 126 Å². The predicted molar refractivity (Wildman–Crippen MR) is 84.9 cm³/mol. The number of hydrogen-bond acceptors (Lipinski definition) is 3. The van der Waals surface area contributed by atoms with Gasteiger partial charge in [0.15, 0.2) is 0 Å². The van der Waals surface area contributed by atoms with Crippen LogP contribution in [0.25, 0.3) is 0 Å². The highest BCUT2D eigenvalue weighted by Gasteiger charge is 2.39.